The van der Waals surface area contributed by atoms with Gasteiger partial charge in [-0.2, -0.15) is 0 Å². The number of hydrogen-bond acceptors (Lipinski definition) is 4. The first-order chi connectivity index (χ1) is 12.6. The summed E-state index contributed by atoms with van der Waals surface area (Å²) in [6.45, 7) is 12.4. The Hall–Kier alpha value is -0.870. The van der Waals surface area contributed by atoms with Gasteiger partial charge in [0.1, 0.15) is 11.9 Å². The number of methoxy groups -OCH3 is 1. The smallest absolute Gasteiger partial charge is 0.404 e. The van der Waals surface area contributed by atoms with Gasteiger partial charge in [-0.3, -0.25) is 4.79 Å². The Kier molecular flexibility index (Phi) is 5.31. The highest BCUT2D eigenvalue weighted by Gasteiger charge is 2.68. The minimum absolute atomic E-state index is 0.0672. The van der Waals surface area contributed by atoms with E-state index in [0.717, 1.165) is 25.7 Å². The van der Waals surface area contributed by atoms with Gasteiger partial charge in [0.15, 0.2) is 0 Å². The molecule has 0 spiro atoms. The molecule has 3 saturated carbocycles. The van der Waals surface area contributed by atoms with Crippen molar-refractivity contribution in [3.05, 3.63) is 12.7 Å². The molecule has 0 aliphatic heterocycles. The maximum Gasteiger partial charge on any atom is 0.404 e. The lowest BCUT2D eigenvalue weighted by Crippen LogP contribution is -2.62. The summed E-state index contributed by atoms with van der Waals surface area (Å²) in [6.07, 6.45) is 5.72. The van der Waals surface area contributed by atoms with Gasteiger partial charge in [0.2, 0.25) is 0 Å². The lowest BCUT2D eigenvalue weighted by Gasteiger charge is -2.61. The molecule has 0 saturated heterocycles. The zero-order chi connectivity index (χ0) is 20.2. The predicted octanol–water partition coefficient (Wildman–Crippen LogP) is 5.38. The minimum atomic E-state index is -0.802. The standard InChI is InChI=1S/C22H33ClO4/c1-7-20(4)12-16(27-19(23)25)21(5)13(2)8-10-22(14(3)18(20)24)11-9-15(26-6)17(21)22/h7,13-17H,1,8-12H2,2-6H3/t13-,14-,15+,16+,17-,20+,21-,22-/m0/s1. The number of carbonyl (C=O) groups excluding carboxylic acids is 2. The highest BCUT2D eigenvalue weighted by molar-refractivity contribution is 6.61. The molecule has 0 N–H and O–H groups in total. The van der Waals surface area contributed by atoms with Gasteiger partial charge in [-0.15, -0.1) is 6.58 Å². The number of halogens is 1. The summed E-state index contributed by atoms with van der Waals surface area (Å²) in [5, 5.41) is 0. The highest BCUT2D eigenvalue weighted by Crippen LogP contribution is 2.68. The predicted molar refractivity (Wildman–Crippen MR) is 106 cm³/mol. The van der Waals surface area contributed by atoms with Crippen LogP contribution in [0.15, 0.2) is 12.7 Å². The van der Waals surface area contributed by atoms with Crippen molar-refractivity contribution in [3.63, 3.8) is 0 Å². The van der Waals surface area contributed by atoms with E-state index in [1.54, 1.807) is 13.2 Å². The van der Waals surface area contributed by atoms with E-state index >= 15 is 0 Å². The normalized spacial score (nSPS) is 49.7. The van der Waals surface area contributed by atoms with Crippen LogP contribution in [0.2, 0.25) is 0 Å². The van der Waals surface area contributed by atoms with Crippen LogP contribution in [-0.4, -0.2) is 30.5 Å². The zero-order valence-electron chi connectivity index (χ0n) is 17.2. The van der Waals surface area contributed by atoms with Crippen LogP contribution < -0.4 is 0 Å². The lowest BCUT2D eigenvalue weighted by molar-refractivity contribution is -0.187. The number of rotatable bonds is 3. The molecule has 5 heteroatoms. The molecule has 0 amide bonds. The third-order valence-electron chi connectivity index (χ3n) is 8.77. The number of carbonyl (C=O) groups is 2. The van der Waals surface area contributed by atoms with Crippen molar-refractivity contribution in [2.75, 3.05) is 7.11 Å². The third kappa shape index (κ3) is 2.81. The molecule has 0 aromatic rings. The molecule has 8 atom stereocenters. The van der Waals surface area contributed by atoms with Crippen molar-refractivity contribution >= 4 is 22.8 Å². The van der Waals surface area contributed by atoms with E-state index < -0.39 is 16.9 Å². The summed E-state index contributed by atoms with van der Waals surface area (Å²) < 4.78 is 11.7. The number of ether oxygens (including phenoxy) is 2. The molecule has 0 aromatic carbocycles. The molecule has 0 aromatic heterocycles. The zero-order valence-corrected chi connectivity index (χ0v) is 18.0. The second-order valence-electron chi connectivity index (χ2n) is 9.59. The molecule has 152 valence electrons. The van der Waals surface area contributed by atoms with Crippen LogP contribution >= 0.6 is 11.6 Å². The fraction of sp³-hybridized carbons (Fsp3) is 0.818. The Balaban J connectivity index is 2.24. The van der Waals surface area contributed by atoms with E-state index in [9.17, 15) is 9.59 Å². The molecule has 3 rings (SSSR count). The quantitative estimate of drug-likeness (QED) is 0.474. The molecule has 3 aliphatic rings. The van der Waals surface area contributed by atoms with Gasteiger partial charge in [-0.25, -0.2) is 4.79 Å². The monoisotopic (exact) mass is 396 g/mol. The van der Waals surface area contributed by atoms with Crippen LogP contribution in [0.1, 0.15) is 59.8 Å². The van der Waals surface area contributed by atoms with Crippen molar-refractivity contribution in [1.82, 2.24) is 0 Å². The van der Waals surface area contributed by atoms with Gasteiger partial charge in [0.25, 0.3) is 0 Å². The molecule has 4 nitrogen and oxygen atoms in total. The second-order valence-corrected chi connectivity index (χ2v) is 9.89. The molecule has 0 unspecified atom stereocenters. The summed E-state index contributed by atoms with van der Waals surface area (Å²) in [7, 11) is 1.76. The Morgan fingerprint density at radius 1 is 1.26 bits per heavy atom. The van der Waals surface area contributed by atoms with E-state index in [4.69, 9.17) is 21.1 Å². The summed E-state index contributed by atoms with van der Waals surface area (Å²) in [5.41, 5.74) is -1.97. The van der Waals surface area contributed by atoms with E-state index in [-0.39, 0.29) is 34.6 Å². The molecule has 0 radical (unpaired) electrons. The van der Waals surface area contributed by atoms with Gasteiger partial charge >= 0.3 is 5.43 Å². The van der Waals surface area contributed by atoms with Gasteiger partial charge in [-0.05, 0) is 43.9 Å². The molecule has 27 heavy (non-hydrogen) atoms. The van der Waals surface area contributed by atoms with Gasteiger partial charge in [0.05, 0.1) is 6.10 Å². The van der Waals surface area contributed by atoms with Gasteiger partial charge in [-0.1, -0.05) is 26.8 Å². The SMILES string of the molecule is C=C[C@]1(C)C[C@@H](OC(=O)Cl)[C@@]2(C)[C@@H]3[C@H](OC)CC[C@@]3(CC[C@@H]2C)[C@@H](C)C1=O. The van der Waals surface area contributed by atoms with Crippen molar-refractivity contribution in [3.8, 4) is 0 Å². The average Bonchev–Trinajstić information content (AvgIpc) is 3.02. The molecular weight excluding hydrogens is 364 g/mol. The van der Waals surface area contributed by atoms with Crippen molar-refractivity contribution < 1.29 is 19.1 Å². The average molecular weight is 397 g/mol. The molecule has 3 fully saturated rings. The first kappa shape index (κ1) is 20.9. The molecular formula is C22H33ClO4. The van der Waals surface area contributed by atoms with Crippen molar-refractivity contribution in [2.24, 2.45) is 34.0 Å². The molecule has 2 bridgehead atoms. The number of allylic oxidation sites excluding steroid dienone is 1. The summed E-state index contributed by atoms with van der Waals surface area (Å²) >= 11 is 5.70. The van der Waals surface area contributed by atoms with Crippen molar-refractivity contribution in [2.45, 2.75) is 72.0 Å². The van der Waals surface area contributed by atoms with E-state index in [0.29, 0.717) is 12.3 Å². The largest absolute Gasteiger partial charge is 0.450 e. The number of ketones is 1. The maximum atomic E-state index is 13.6. The van der Waals surface area contributed by atoms with Crippen LogP contribution in [0.25, 0.3) is 0 Å². The Morgan fingerprint density at radius 3 is 2.44 bits per heavy atom. The first-order valence-corrected chi connectivity index (χ1v) is 10.5. The highest BCUT2D eigenvalue weighted by atomic mass is 35.5. The van der Waals surface area contributed by atoms with Crippen LogP contribution in [0.5, 0.6) is 0 Å². The van der Waals surface area contributed by atoms with E-state index in [1.807, 2.05) is 6.92 Å². The van der Waals surface area contributed by atoms with Gasteiger partial charge in [0, 0.05) is 47.8 Å². The summed E-state index contributed by atoms with van der Waals surface area (Å²) in [5.74, 6) is 0.617. The van der Waals surface area contributed by atoms with Crippen LogP contribution in [-0.2, 0) is 14.3 Å². The lowest BCUT2D eigenvalue weighted by atomic mass is 9.44. The Bertz CT molecular complexity index is 648. The van der Waals surface area contributed by atoms with Crippen LogP contribution in [0.3, 0.4) is 0 Å². The van der Waals surface area contributed by atoms with E-state index in [2.05, 4.69) is 27.4 Å². The number of hydrogen-bond donors (Lipinski definition) is 0. The van der Waals surface area contributed by atoms with Crippen LogP contribution in [0, 0.1) is 34.0 Å². The minimum Gasteiger partial charge on any atom is -0.450 e. The van der Waals surface area contributed by atoms with E-state index in [1.165, 1.54) is 0 Å². The first-order valence-electron chi connectivity index (χ1n) is 10.1. The fourth-order valence-corrected chi connectivity index (χ4v) is 7.01. The molecule has 0 heterocycles. The Labute approximate surface area is 168 Å². The third-order valence-corrected chi connectivity index (χ3v) is 8.86. The number of Topliss-reactive ketones (excluding diaryl/α,β-unsaturated/α-hetero) is 1. The van der Waals surface area contributed by atoms with Crippen molar-refractivity contribution in [1.29, 1.82) is 0 Å². The van der Waals surface area contributed by atoms with Crippen LogP contribution in [0.4, 0.5) is 4.79 Å². The summed E-state index contributed by atoms with van der Waals surface area (Å²) in [4.78, 5) is 25.4. The molecule has 3 aliphatic carbocycles. The fourth-order valence-electron chi connectivity index (χ4n) is 6.91. The summed E-state index contributed by atoms with van der Waals surface area (Å²) in [6, 6.07) is 0. The Morgan fingerprint density at radius 2 is 1.89 bits per heavy atom. The topological polar surface area (TPSA) is 52.6 Å². The second kappa shape index (κ2) is 6.88. The maximum absolute atomic E-state index is 13.6. The van der Waals surface area contributed by atoms with Gasteiger partial charge < -0.3 is 9.47 Å².